The molecule has 4 rings (SSSR count). The third-order valence-corrected chi connectivity index (χ3v) is 5.15. The number of nitro benzene ring substituents is 1. The van der Waals surface area contributed by atoms with Crippen LogP contribution in [-0.4, -0.2) is 10.8 Å². The lowest BCUT2D eigenvalue weighted by Crippen LogP contribution is -2.29. The predicted molar refractivity (Wildman–Crippen MR) is 100 cm³/mol. The molecule has 0 saturated heterocycles. The van der Waals surface area contributed by atoms with Crippen LogP contribution in [0.1, 0.15) is 36.4 Å². The van der Waals surface area contributed by atoms with E-state index in [2.05, 4.69) is 22.8 Å². The van der Waals surface area contributed by atoms with Gasteiger partial charge in [0.15, 0.2) is 0 Å². The molecule has 1 aliphatic carbocycles. The van der Waals surface area contributed by atoms with Gasteiger partial charge in [-0.3, -0.25) is 14.9 Å². The first kappa shape index (κ1) is 16.3. The second-order valence-electron chi connectivity index (χ2n) is 6.77. The number of carbonyl (C=O) groups is 1. The Morgan fingerprint density at radius 2 is 2.04 bits per heavy atom. The number of nitrogens with one attached hydrogen (secondary N) is 2. The van der Waals surface area contributed by atoms with Crippen LogP contribution < -0.4 is 10.6 Å². The molecule has 26 heavy (non-hydrogen) atoms. The maximum atomic E-state index is 11.5. The van der Waals surface area contributed by atoms with Gasteiger partial charge in [-0.2, -0.15) is 0 Å². The minimum atomic E-state index is -0.316. The molecule has 6 heteroatoms. The second-order valence-corrected chi connectivity index (χ2v) is 6.77. The lowest BCUT2D eigenvalue weighted by Gasteiger charge is -2.37. The first-order valence-electron chi connectivity index (χ1n) is 8.62. The van der Waals surface area contributed by atoms with E-state index >= 15 is 0 Å². The van der Waals surface area contributed by atoms with Gasteiger partial charge in [0, 0.05) is 30.3 Å². The van der Waals surface area contributed by atoms with Crippen LogP contribution in [0.25, 0.3) is 0 Å². The molecule has 1 heterocycles. The number of anilines is 2. The zero-order chi connectivity index (χ0) is 18.3. The molecule has 0 bridgehead atoms. The molecule has 0 aromatic heterocycles. The number of hydrogen-bond donors (Lipinski definition) is 2. The molecule has 132 valence electrons. The molecule has 0 radical (unpaired) electrons. The number of fused-ring (bicyclic) bond motifs is 3. The van der Waals surface area contributed by atoms with Gasteiger partial charge in [0.2, 0.25) is 5.91 Å². The number of benzene rings is 2. The Bertz CT molecular complexity index is 922. The molecular weight excluding hydrogens is 330 g/mol. The fourth-order valence-corrected chi connectivity index (χ4v) is 4.10. The Hall–Kier alpha value is -3.15. The van der Waals surface area contributed by atoms with E-state index in [0.717, 1.165) is 23.4 Å². The highest BCUT2D eigenvalue weighted by molar-refractivity contribution is 5.89. The second kappa shape index (κ2) is 6.29. The minimum absolute atomic E-state index is 0.106. The molecular formula is C20H19N3O3. The van der Waals surface area contributed by atoms with E-state index in [1.807, 2.05) is 30.3 Å². The van der Waals surface area contributed by atoms with Crippen LogP contribution in [0.3, 0.4) is 0 Å². The lowest BCUT2D eigenvalue weighted by molar-refractivity contribution is -0.385. The summed E-state index contributed by atoms with van der Waals surface area (Å²) in [7, 11) is 0. The zero-order valence-electron chi connectivity index (χ0n) is 14.3. The summed E-state index contributed by atoms with van der Waals surface area (Å²) < 4.78 is 0. The molecule has 2 aromatic rings. The van der Waals surface area contributed by atoms with Gasteiger partial charge in [-0.15, -0.1) is 0 Å². The predicted octanol–water partition coefficient (Wildman–Crippen LogP) is 4.38. The molecule has 0 saturated carbocycles. The summed E-state index contributed by atoms with van der Waals surface area (Å²) in [5, 5.41) is 17.8. The SMILES string of the molecule is CC(=O)Nc1ccc2c(c1)[C@@H]1C=CC[C@H]1[C@H](c1ccccc1[N+](=O)[O-])N2. The van der Waals surface area contributed by atoms with E-state index in [0.29, 0.717) is 5.56 Å². The van der Waals surface area contributed by atoms with Crippen molar-refractivity contribution >= 4 is 23.0 Å². The molecule has 1 amide bonds. The van der Waals surface area contributed by atoms with Crippen LogP contribution in [0.5, 0.6) is 0 Å². The van der Waals surface area contributed by atoms with Gasteiger partial charge in [-0.1, -0.05) is 30.4 Å². The summed E-state index contributed by atoms with van der Waals surface area (Å²) in [6.07, 6.45) is 5.17. The van der Waals surface area contributed by atoms with Crippen LogP contribution in [0, 0.1) is 16.0 Å². The summed E-state index contributed by atoms with van der Waals surface area (Å²) in [5.41, 5.74) is 3.70. The van der Waals surface area contributed by atoms with E-state index in [1.165, 1.54) is 6.92 Å². The molecule has 0 fully saturated rings. The number of nitro groups is 1. The number of amides is 1. The summed E-state index contributed by atoms with van der Waals surface area (Å²) in [5.74, 6) is 0.269. The summed E-state index contributed by atoms with van der Waals surface area (Å²) in [4.78, 5) is 22.5. The van der Waals surface area contributed by atoms with Crippen molar-refractivity contribution in [2.45, 2.75) is 25.3 Å². The quantitative estimate of drug-likeness (QED) is 0.489. The van der Waals surface area contributed by atoms with Crippen molar-refractivity contribution in [3.8, 4) is 0 Å². The summed E-state index contributed by atoms with van der Waals surface area (Å²) in [6, 6.07) is 12.6. The van der Waals surface area contributed by atoms with Gasteiger partial charge in [0.25, 0.3) is 5.69 Å². The van der Waals surface area contributed by atoms with Crippen molar-refractivity contribution in [2.75, 3.05) is 10.6 Å². The number of nitrogens with zero attached hydrogens (tertiary/aromatic N) is 1. The third-order valence-electron chi connectivity index (χ3n) is 5.15. The van der Waals surface area contributed by atoms with E-state index in [4.69, 9.17) is 0 Å². The molecule has 0 unspecified atom stereocenters. The number of rotatable bonds is 3. The number of carbonyl (C=O) groups excluding carboxylic acids is 1. The highest BCUT2D eigenvalue weighted by Gasteiger charge is 2.40. The first-order chi connectivity index (χ1) is 12.5. The molecule has 2 aromatic carbocycles. The monoisotopic (exact) mass is 349 g/mol. The fourth-order valence-electron chi connectivity index (χ4n) is 4.10. The van der Waals surface area contributed by atoms with Gasteiger partial charge in [-0.05, 0) is 36.1 Å². The van der Waals surface area contributed by atoms with E-state index in [1.54, 1.807) is 12.1 Å². The molecule has 3 atom stereocenters. The summed E-state index contributed by atoms with van der Waals surface area (Å²) >= 11 is 0. The Morgan fingerprint density at radius 1 is 1.23 bits per heavy atom. The Kier molecular flexibility index (Phi) is 3.95. The van der Waals surface area contributed by atoms with Crippen LogP contribution in [0.4, 0.5) is 17.1 Å². The molecule has 6 nitrogen and oxygen atoms in total. The van der Waals surface area contributed by atoms with Crippen molar-refractivity contribution in [3.63, 3.8) is 0 Å². The third kappa shape index (κ3) is 2.73. The van der Waals surface area contributed by atoms with Gasteiger partial charge in [-0.25, -0.2) is 0 Å². The van der Waals surface area contributed by atoms with E-state index < -0.39 is 0 Å². The van der Waals surface area contributed by atoms with Gasteiger partial charge in [0.05, 0.1) is 16.5 Å². The lowest BCUT2D eigenvalue weighted by atomic mass is 9.76. The Balaban J connectivity index is 1.76. The maximum absolute atomic E-state index is 11.5. The standard InChI is InChI=1S/C20H19N3O3/c1-12(24)21-13-9-10-18-17(11-13)14-6-4-7-15(14)20(22-18)16-5-2-3-8-19(16)23(25)26/h2-6,8-11,14-15,20,22H,7H2,1H3,(H,21,24)/t14-,15-,20-/m1/s1. The molecule has 1 aliphatic heterocycles. The van der Waals surface area contributed by atoms with Crippen LogP contribution in [0.2, 0.25) is 0 Å². The smallest absolute Gasteiger partial charge is 0.274 e. The first-order valence-corrected chi connectivity index (χ1v) is 8.62. The van der Waals surface area contributed by atoms with Crippen molar-refractivity contribution in [1.29, 1.82) is 0 Å². The van der Waals surface area contributed by atoms with Crippen LogP contribution in [0.15, 0.2) is 54.6 Å². The molecule has 2 N–H and O–H groups in total. The van der Waals surface area contributed by atoms with Crippen molar-refractivity contribution in [1.82, 2.24) is 0 Å². The molecule has 0 spiro atoms. The van der Waals surface area contributed by atoms with E-state index in [-0.39, 0.29) is 34.4 Å². The summed E-state index contributed by atoms with van der Waals surface area (Å²) in [6.45, 7) is 1.49. The number of hydrogen-bond acceptors (Lipinski definition) is 4. The van der Waals surface area contributed by atoms with Gasteiger partial charge >= 0.3 is 0 Å². The fraction of sp³-hybridized carbons (Fsp3) is 0.250. The normalized spacial score (nSPS) is 22.9. The largest absolute Gasteiger partial charge is 0.377 e. The van der Waals surface area contributed by atoms with Crippen molar-refractivity contribution < 1.29 is 9.72 Å². The van der Waals surface area contributed by atoms with Crippen LogP contribution >= 0.6 is 0 Å². The topological polar surface area (TPSA) is 84.3 Å². The van der Waals surface area contributed by atoms with Crippen molar-refractivity contribution in [3.05, 3.63) is 75.9 Å². The number of para-hydroxylation sites is 1. The maximum Gasteiger partial charge on any atom is 0.274 e. The minimum Gasteiger partial charge on any atom is -0.377 e. The van der Waals surface area contributed by atoms with E-state index in [9.17, 15) is 14.9 Å². The zero-order valence-corrected chi connectivity index (χ0v) is 14.3. The average molecular weight is 349 g/mol. The van der Waals surface area contributed by atoms with Gasteiger partial charge in [0.1, 0.15) is 0 Å². The highest BCUT2D eigenvalue weighted by Crippen LogP contribution is 2.51. The number of allylic oxidation sites excluding steroid dienone is 2. The van der Waals surface area contributed by atoms with Gasteiger partial charge < -0.3 is 10.6 Å². The van der Waals surface area contributed by atoms with Crippen molar-refractivity contribution in [2.24, 2.45) is 5.92 Å². The average Bonchev–Trinajstić information content (AvgIpc) is 3.10. The Morgan fingerprint density at radius 3 is 2.81 bits per heavy atom. The highest BCUT2D eigenvalue weighted by atomic mass is 16.6. The molecule has 2 aliphatic rings. The Labute approximate surface area is 151 Å². The van der Waals surface area contributed by atoms with Crippen LogP contribution in [-0.2, 0) is 4.79 Å².